The molecule has 0 radical (unpaired) electrons. The summed E-state index contributed by atoms with van der Waals surface area (Å²) in [5, 5.41) is 15.6. The number of aryl methyl sites for hydroxylation is 1. The number of carbonyl (C=O) groups excluding carboxylic acids is 1. The molecule has 3 N–H and O–H groups in total. The van der Waals surface area contributed by atoms with Crippen LogP contribution in [-0.4, -0.2) is 30.1 Å². The van der Waals surface area contributed by atoms with E-state index >= 15 is 0 Å². The van der Waals surface area contributed by atoms with Gasteiger partial charge in [0.1, 0.15) is 5.75 Å². The van der Waals surface area contributed by atoms with Crippen LogP contribution >= 0.6 is 0 Å². The number of phenolic OH excluding ortho intramolecular Hbond substituents is 1. The molecule has 0 spiro atoms. The molecule has 4 heteroatoms. The molecule has 0 saturated carbocycles. The van der Waals surface area contributed by atoms with Gasteiger partial charge in [-0.1, -0.05) is 12.1 Å². The number of rotatable bonds is 2. The van der Waals surface area contributed by atoms with E-state index in [1.807, 2.05) is 0 Å². The zero-order valence-corrected chi connectivity index (χ0v) is 8.58. The van der Waals surface area contributed by atoms with E-state index in [-0.39, 0.29) is 17.7 Å². The third-order valence-corrected chi connectivity index (χ3v) is 2.60. The number of nitrogens with one attached hydrogen (secondary N) is 2. The van der Waals surface area contributed by atoms with Crippen molar-refractivity contribution < 1.29 is 9.90 Å². The maximum Gasteiger partial charge on any atom is 0.255 e. The van der Waals surface area contributed by atoms with Crippen LogP contribution in [0.5, 0.6) is 5.75 Å². The van der Waals surface area contributed by atoms with Crippen molar-refractivity contribution in [2.24, 2.45) is 0 Å². The molecule has 1 aliphatic rings. The Balaban J connectivity index is 2.13. The van der Waals surface area contributed by atoms with Gasteiger partial charge in [0.15, 0.2) is 0 Å². The van der Waals surface area contributed by atoms with Crippen molar-refractivity contribution in [1.82, 2.24) is 10.6 Å². The van der Waals surface area contributed by atoms with Gasteiger partial charge in [-0.3, -0.25) is 4.79 Å². The molecule has 0 bridgehead atoms. The first-order valence-electron chi connectivity index (χ1n) is 4.98. The zero-order chi connectivity index (χ0) is 10.8. The highest BCUT2D eigenvalue weighted by atomic mass is 16.3. The Kier molecular flexibility index (Phi) is 2.60. The van der Waals surface area contributed by atoms with E-state index in [4.69, 9.17) is 0 Å². The van der Waals surface area contributed by atoms with Crippen LogP contribution in [0.4, 0.5) is 0 Å². The molecule has 2 rings (SSSR count). The van der Waals surface area contributed by atoms with Gasteiger partial charge in [0, 0.05) is 13.1 Å². The molecule has 4 nitrogen and oxygen atoms in total. The first-order chi connectivity index (χ1) is 7.18. The largest absolute Gasteiger partial charge is 0.507 e. The molecule has 1 saturated heterocycles. The molecule has 0 unspecified atom stereocenters. The fraction of sp³-hybridized carbons (Fsp3) is 0.364. The molecule has 1 aliphatic heterocycles. The van der Waals surface area contributed by atoms with Crippen molar-refractivity contribution in [3.8, 4) is 5.75 Å². The number of hydrogen-bond acceptors (Lipinski definition) is 3. The van der Waals surface area contributed by atoms with Crippen LogP contribution in [0.3, 0.4) is 0 Å². The number of para-hydroxylation sites is 1. The van der Waals surface area contributed by atoms with Crippen molar-refractivity contribution in [3.63, 3.8) is 0 Å². The molecular formula is C11H14N2O2. The van der Waals surface area contributed by atoms with Crippen LogP contribution < -0.4 is 10.6 Å². The van der Waals surface area contributed by atoms with Crippen molar-refractivity contribution in [1.29, 1.82) is 0 Å². The number of hydrogen-bond donors (Lipinski definition) is 3. The number of aromatic hydroxyl groups is 1. The van der Waals surface area contributed by atoms with E-state index in [0.29, 0.717) is 5.56 Å². The Hall–Kier alpha value is -1.55. The third kappa shape index (κ3) is 1.94. The molecule has 15 heavy (non-hydrogen) atoms. The second-order valence-corrected chi connectivity index (χ2v) is 3.80. The molecule has 1 aromatic carbocycles. The molecular weight excluding hydrogens is 192 g/mol. The molecule has 0 aliphatic carbocycles. The lowest BCUT2D eigenvalue weighted by molar-refractivity contribution is 0.0921. The smallest absolute Gasteiger partial charge is 0.255 e. The summed E-state index contributed by atoms with van der Waals surface area (Å²) in [5.74, 6) is -0.134. The van der Waals surface area contributed by atoms with Gasteiger partial charge < -0.3 is 15.7 Å². The summed E-state index contributed by atoms with van der Waals surface area (Å²) in [7, 11) is 0. The van der Waals surface area contributed by atoms with E-state index in [9.17, 15) is 9.90 Å². The van der Waals surface area contributed by atoms with Gasteiger partial charge in [0.2, 0.25) is 0 Å². The van der Waals surface area contributed by atoms with Gasteiger partial charge in [-0.15, -0.1) is 0 Å². The standard InChI is InChI=1S/C11H14N2O2/c1-7-3-2-4-9(10(7)14)11(15)13-8-5-12-6-8/h2-4,8,12,14H,5-6H2,1H3,(H,13,15). The number of amides is 1. The number of phenols is 1. The minimum atomic E-state index is -0.206. The van der Waals surface area contributed by atoms with Gasteiger partial charge in [-0.05, 0) is 18.6 Å². The normalized spacial score (nSPS) is 15.8. The Bertz CT molecular complexity index is 386. The molecule has 1 fully saturated rings. The minimum Gasteiger partial charge on any atom is -0.507 e. The topological polar surface area (TPSA) is 61.4 Å². The lowest BCUT2D eigenvalue weighted by Gasteiger charge is -2.28. The predicted molar refractivity (Wildman–Crippen MR) is 57.0 cm³/mol. The molecule has 1 amide bonds. The minimum absolute atomic E-state index is 0.0716. The van der Waals surface area contributed by atoms with Gasteiger partial charge in [0.25, 0.3) is 5.91 Å². The van der Waals surface area contributed by atoms with Crippen LogP contribution in [0.2, 0.25) is 0 Å². The summed E-state index contributed by atoms with van der Waals surface area (Å²) in [6, 6.07) is 5.36. The van der Waals surface area contributed by atoms with E-state index in [1.165, 1.54) is 0 Å². The van der Waals surface area contributed by atoms with Crippen molar-refractivity contribution in [2.45, 2.75) is 13.0 Å². The van der Waals surface area contributed by atoms with Gasteiger partial charge in [-0.25, -0.2) is 0 Å². The Morgan fingerprint density at radius 3 is 2.87 bits per heavy atom. The number of benzene rings is 1. The van der Waals surface area contributed by atoms with Crippen LogP contribution in [0, 0.1) is 6.92 Å². The Labute approximate surface area is 88.3 Å². The summed E-state index contributed by atoms with van der Waals surface area (Å²) < 4.78 is 0. The maximum absolute atomic E-state index is 11.7. The summed E-state index contributed by atoms with van der Waals surface area (Å²) in [4.78, 5) is 11.7. The zero-order valence-electron chi connectivity index (χ0n) is 8.58. The number of carbonyl (C=O) groups is 1. The first-order valence-corrected chi connectivity index (χ1v) is 4.98. The predicted octanol–water partition coefficient (Wildman–Crippen LogP) is 0.402. The van der Waals surface area contributed by atoms with E-state index < -0.39 is 0 Å². The van der Waals surface area contributed by atoms with E-state index in [0.717, 1.165) is 18.7 Å². The summed E-state index contributed by atoms with van der Waals surface area (Å²) in [6.45, 7) is 3.38. The van der Waals surface area contributed by atoms with E-state index in [1.54, 1.807) is 25.1 Å². The van der Waals surface area contributed by atoms with Crippen LogP contribution in [0.25, 0.3) is 0 Å². The van der Waals surface area contributed by atoms with Crippen molar-refractivity contribution in [3.05, 3.63) is 29.3 Å². The van der Waals surface area contributed by atoms with Gasteiger partial charge >= 0.3 is 0 Å². The second-order valence-electron chi connectivity index (χ2n) is 3.80. The summed E-state index contributed by atoms with van der Waals surface area (Å²) in [6.07, 6.45) is 0. The molecule has 1 aromatic rings. The fourth-order valence-corrected chi connectivity index (χ4v) is 1.50. The summed E-state index contributed by atoms with van der Waals surface area (Å²) in [5.41, 5.74) is 1.07. The molecule has 80 valence electrons. The Morgan fingerprint density at radius 2 is 2.27 bits per heavy atom. The van der Waals surface area contributed by atoms with Gasteiger partial charge in [-0.2, -0.15) is 0 Å². The highest BCUT2D eigenvalue weighted by Gasteiger charge is 2.21. The highest BCUT2D eigenvalue weighted by Crippen LogP contribution is 2.21. The monoisotopic (exact) mass is 206 g/mol. The molecule has 0 atom stereocenters. The van der Waals surface area contributed by atoms with Crippen LogP contribution in [-0.2, 0) is 0 Å². The van der Waals surface area contributed by atoms with Crippen LogP contribution in [0.15, 0.2) is 18.2 Å². The maximum atomic E-state index is 11.7. The molecule has 0 aromatic heterocycles. The first kappa shape index (κ1) is 9.98. The summed E-state index contributed by atoms with van der Waals surface area (Å²) >= 11 is 0. The average molecular weight is 206 g/mol. The third-order valence-electron chi connectivity index (χ3n) is 2.60. The highest BCUT2D eigenvalue weighted by molar-refractivity contribution is 5.97. The average Bonchev–Trinajstić information content (AvgIpc) is 2.15. The van der Waals surface area contributed by atoms with Crippen molar-refractivity contribution in [2.75, 3.05) is 13.1 Å². The SMILES string of the molecule is Cc1cccc(C(=O)NC2CNC2)c1O. The van der Waals surface area contributed by atoms with E-state index in [2.05, 4.69) is 10.6 Å². The fourth-order valence-electron chi connectivity index (χ4n) is 1.50. The lowest BCUT2D eigenvalue weighted by Crippen LogP contribution is -2.56. The quantitative estimate of drug-likeness (QED) is 0.656. The lowest BCUT2D eigenvalue weighted by atomic mass is 10.1. The molecule has 1 heterocycles. The van der Waals surface area contributed by atoms with Crippen molar-refractivity contribution >= 4 is 5.91 Å². The van der Waals surface area contributed by atoms with Crippen LogP contribution in [0.1, 0.15) is 15.9 Å². The second kappa shape index (κ2) is 3.90. The van der Waals surface area contributed by atoms with Gasteiger partial charge in [0.05, 0.1) is 11.6 Å². The Morgan fingerprint density at radius 1 is 1.53 bits per heavy atom.